The Balaban J connectivity index is 2.64. The topological polar surface area (TPSA) is 73.4 Å². The molecule has 1 heterocycles. The molecular formula is C12H22N4O2. The summed E-state index contributed by atoms with van der Waals surface area (Å²) in [5.41, 5.74) is 6.04. The highest BCUT2D eigenvalue weighted by molar-refractivity contribution is 5.91. The van der Waals surface area contributed by atoms with Gasteiger partial charge in [0.25, 0.3) is 0 Å². The molecule has 0 fully saturated rings. The van der Waals surface area contributed by atoms with Gasteiger partial charge in [0, 0.05) is 19.1 Å². The van der Waals surface area contributed by atoms with Crippen molar-refractivity contribution in [1.82, 2.24) is 14.5 Å². The molecule has 102 valence electrons. The molecule has 6 heteroatoms. The van der Waals surface area contributed by atoms with E-state index in [2.05, 4.69) is 35.5 Å². The molecule has 18 heavy (non-hydrogen) atoms. The number of ether oxygens (including phenoxy) is 1. The molecule has 0 spiro atoms. The molecule has 1 unspecified atom stereocenters. The molecule has 1 atom stereocenters. The number of nitrogen functional groups attached to an aromatic ring is 1. The van der Waals surface area contributed by atoms with Gasteiger partial charge < -0.3 is 19.9 Å². The van der Waals surface area contributed by atoms with Crippen molar-refractivity contribution in [3.05, 3.63) is 12.0 Å². The summed E-state index contributed by atoms with van der Waals surface area (Å²) in [4.78, 5) is 17.6. The van der Waals surface area contributed by atoms with Crippen LogP contribution in [0.4, 0.5) is 5.82 Å². The van der Waals surface area contributed by atoms with Gasteiger partial charge in [-0.1, -0.05) is 6.92 Å². The maximum atomic E-state index is 11.4. The van der Waals surface area contributed by atoms with Crippen LogP contribution in [0.15, 0.2) is 6.33 Å². The van der Waals surface area contributed by atoms with Crippen molar-refractivity contribution in [1.29, 1.82) is 0 Å². The third kappa shape index (κ3) is 3.22. The van der Waals surface area contributed by atoms with Crippen LogP contribution in [0.5, 0.6) is 0 Å². The fourth-order valence-electron chi connectivity index (χ4n) is 1.62. The summed E-state index contributed by atoms with van der Waals surface area (Å²) in [6.45, 7) is 5.89. The first-order valence-electron chi connectivity index (χ1n) is 6.10. The van der Waals surface area contributed by atoms with E-state index in [4.69, 9.17) is 5.73 Å². The average Bonchev–Trinajstić information content (AvgIpc) is 2.75. The molecule has 0 radical (unpaired) electrons. The van der Waals surface area contributed by atoms with E-state index >= 15 is 0 Å². The van der Waals surface area contributed by atoms with E-state index in [9.17, 15) is 4.79 Å². The molecule has 0 saturated heterocycles. The van der Waals surface area contributed by atoms with Gasteiger partial charge in [-0.15, -0.1) is 0 Å². The number of nitrogens with zero attached hydrogens (tertiary/aromatic N) is 3. The normalized spacial score (nSPS) is 12.7. The highest BCUT2D eigenvalue weighted by Crippen LogP contribution is 2.11. The number of hydrogen-bond donors (Lipinski definition) is 1. The van der Waals surface area contributed by atoms with Gasteiger partial charge in [0.15, 0.2) is 5.69 Å². The van der Waals surface area contributed by atoms with Gasteiger partial charge in [-0.2, -0.15) is 0 Å². The quantitative estimate of drug-likeness (QED) is 0.766. The van der Waals surface area contributed by atoms with Crippen LogP contribution in [0.2, 0.25) is 0 Å². The van der Waals surface area contributed by atoms with Crippen molar-refractivity contribution in [3.63, 3.8) is 0 Å². The summed E-state index contributed by atoms with van der Waals surface area (Å²) >= 11 is 0. The predicted molar refractivity (Wildman–Crippen MR) is 70.4 cm³/mol. The average molecular weight is 254 g/mol. The minimum Gasteiger partial charge on any atom is -0.464 e. The van der Waals surface area contributed by atoms with E-state index in [0.717, 1.165) is 13.0 Å². The summed E-state index contributed by atoms with van der Waals surface area (Å²) < 4.78 is 6.38. The number of nitrogens with two attached hydrogens (primary N) is 1. The number of carbonyl (C=O) groups excluding carboxylic acids is 1. The number of hydrogen-bond acceptors (Lipinski definition) is 5. The number of anilines is 1. The fourth-order valence-corrected chi connectivity index (χ4v) is 1.62. The first kappa shape index (κ1) is 14.5. The molecule has 0 bridgehead atoms. The third-order valence-electron chi connectivity index (χ3n) is 3.29. The van der Waals surface area contributed by atoms with Gasteiger partial charge in [0.1, 0.15) is 5.82 Å². The van der Waals surface area contributed by atoms with Crippen molar-refractivity contribution < 1.29 is 9.53 Å². The van der Waals surface area contributed by atoms with Crippen molar-refractivity contribution >= 4 is 11.8 Å². The molecule has 0 aliphatic heterocycles. The predicted octanol–water partition coefficient (Wildman–Crippen LogP) is 0.982. The van der Waals surface area contributed by atoms with Gasteiger partial charge in [0.05, 0.1) is 13.4 Å². The number of methoxy groups -OCH3 is 1. The van der Waals surface area contributed by atoms with Crippen molar-refractivity contribution in [2.45, 2.75) is 32.9 Å². The van der Waals surface area contributed by atoms with Gasteiger partial charge in [-0.25, -0.2) is 9.78 Å². The van der Waals surface area contributed by atoms with Crippen LogP contribution >= 0.6 is 0 Å². The zero-order valence-corrected chi connectivity index (χ0v) is 11.5. The molecule has 0 amide bonds. The molecule has 0 aliphatic rings. The minimum absolute atomic E-state index is 0.184. The van der Waals surface area contributed by atoms with Crippen LogP contribution in [-0.2, 0) is 11.3 Å². The maximum absolute atomic E-state index is 11.4. The zero-order valence-electron chi connectivity index (χ0n) is 11.5. The monoisotopic (exact) mass is 254 g/mol. The van der Waals surface area contributed by atoms with Crippen LogP contribution < -0.4 is 5.73 Å². The Morgan fingerprint density at radius 2 is 2.33 bits per heavy atom. The Morgan fingerprint density at radius 3 is 2.89 bits per heavy atom. The Bertz CT molecular complexity index is 403. The number of carbonyl (C=O) groups is 1. The van der Waals surface area contributed by atoms with Crippen molar-refractivity contribution in [2.75, 3.05) is 26.4 Å². The SMILES string of the molecule is CCC(C)N(C)CCn1cnc(C(=O)OC)c1N. The van der Waals surface area contributed by atoms with Crippen molar-refractivity contribution in [3.8, 4) is 0 Å². The van der Waals surface area contributed by atoms with Crippen LogP contribution in [0.3, 0.4) is 0 Å². The third-order valence-corrected chi connectivity index (χ3v) is 3.29. The van der Waals surface area contributed by atoms with Crippen LogP contribution in [-0.4, -0.2) is 47.2 Å². The lowest BCUT2D eigenvalue weighted by Gasteiger charge is -2.23. The fraction of sp³-hybridized carbons (Fsp3) is 0.667. The molecule has 1 rings (SSSR count). The van der Waals surface area contributed by atoms with E-state index in [0.29, 0.717) is 18.4 Å². The number of rotatable bonds is 6. The molecular weight excluding hydrogens is 232 g/mol. The Kier molecular flexibility index (Phi) is 5.15. The van der Waals surface area contributed by atoms with E-state index in [1.54, 1.807) is 10.9 Å². The van der Waals surface area contributed by atoms with Crippen LogP contribution in [0, 0.1) is 0 Å². The Labute approximate surface area is 108 Å². The van der Waals surface area contributed by atoms with E-state index in [1.165, 1.54) is 7.11 Å². The minimum atomic E-state index is -0.499. The van der Waals surface area contributed by atoms with Gasteiger partial charge in [0.2, 0.25) is 0 Å². The Hall–Kier alpha value is -1.56. The van der Waals surface area contributed by atoms with E-state index < -0.39 is 5.97 Å². The van der Waals surface area contributed by atoms with E-state index in [1.807, 2.05) is 0 Å². The first-order chi connectivity index (χ1) is 8.51. The van der Waals surface area contributed by atoms with Gasteiger partial charge in [-0.3, -0.25) is 0 Å². The van der Waals surface area contributed by atoms with Crippen molar-refractivity contribution in [2.24, 2.45) is 0 Å². The molecule has 6 nitrogen and oxygen atoms in total. The molecule has 0 aliphatic carbocycles. The largest absolute Gasteiger partial charge is 0.464 e. The second kappa shape index (κ2) is 6.39. The van der Waals surface area contributed by atoms with Crippen LogP contribution in [0.25, 0.3) is 0 Å². The highest BCUT2D eigenvalue weighted by atomic mass is 16.5. The molecule has 2 N–H and O–H groups in total. The standard InChI is InChI=1S/C12H22N4O2/c1-5-9(2)15(3)6-7-16-8-14-10(11(16)13)12(17)18-4/h8-9H,5-7,13H2,1-4H3. The second-order valence-electron chi connectivity index (χ2n) is 4.40. The molecule has 1 aromatic rings. The zero-order chi connectivity index (χ0) is 13.7. The lowest BCUT2D eigenvalue weighted by atomic mass is 10.2. The van der Waals surface area contributed by atoms with E-state index in [-0.39, 0.29) is 5.69 Å². The summed E-state index contributed by atoms with van der Waals surface area (Å²) in [6, 6.07) is 0.523. The molecule has 0 saturated carbocycles. The summed E-state index contributed by atoms with van der Waals surface area (Å²) in [7, 11) is 3.39. The molecule has 1 aromatic heterocycles. The van der Waals surface area contributed by atoms with Gasteiger partial charge >= 0.3 is 5.97 Å². The number of likely N-dealkylation sites (N-methyl/N-ethyl adjacent to an activating group) is 1. The number of aromatic nitrogens is 2. The molecule has 0 aromatic carbocycles. The second-order valence-corrected chi connectivity index (χ2v) is 4.40. The lowest BCUT2D eigenvalue weighted by Crippen LogP contribution is -2.31. The number of imidazole rings is 1. The van der Waals surface area contributed by atoms with Gasteiger partial charge in [-0.05, 0) is 20.4 Å². The Morgan fingerprint density at radius 1 is 1.67 bits per heavy atom. The smallest absolute Gasteiger partial charge is 0.360 e. The summed E-state index contributed by atoms with van der Waals surface area (Å²) in [5.74, 6) is -0.138. The lowest BCUT2D eigenvalue weighted by molar-refractivity contribution is 0.0596. The maximum Gasteiger partial charge on any atom is 0.360 e. The summed E-state index contributed by atoms with van der Waals surface area (Å²) in [5, 5.41) is 0. The van der Waals surface area contributed by atoms with Crippen LogP contribution in [0.1, 0.15) is 30.8 Å². The number of esters is 1. The first-order valence-corrected chi connectivity index (χ1v) is 6.10. The summed E-state index contributed by atoms with van der Waals surface area (Å²) in [6.07, 6.45) is 2.68. The highest BCUT2D eigenvalue weighted by Gasteiger charge is 2.16.